The van der Waals surface area contributed by atoms with E-state index in [0.29, 0.717) is 34.0 Å². The highest BCUT2D eigenvalue weighted by Crippen LogP contribution is 2.40. The number of benzene rings is 1. The van der Waals surface area contributed by atoms with Crippen LogP contribution in [-0.4, -0.2) is 32.4 Å². The molecule has 0 aliphatic heterocycles. The van der Waals surface area contributed by atoms with E-state index in [9.17, 15) is 39.5 Å². The van der Waals surface area contributed by atoms with Crippen molar-refractivity contribution in [1.82, 2.24) is 19.6 Å². The Bertz CT molecular complexity index is 1420. The molecule has 36 heavy (non-hydrogen) atoms. The predicted molar refractivity (Wildman–Crippen MR) is 108 cm³/mol. The molecule has 0 N–H and O–H groups in total. The normalized spacial score (nSPS) is 12.8. The summed E-state index contributed by atoms with van der Waals surface area (Å²) >= 11 is 0. The summed E-state index contributed by atoms with van der Waals surface area (Å²) in [6, 6.07) is 5.46. The number of ether oxygens (including phenoxy) is 1. The van der Waals surface area contributed by atoms with Gasteiger partial charge in [0.25, 0.3) is 0 Å². The standard InChI is InChI=1S/C22H13F9N4O/c1-11-6-12(4-5-32-11)14-9-33-35-18(22(29,30)31)8-16(34-19(14)35)13-2-3-17(36-10-20(23,24)25)15(7-13)21(26,27)28/h2-9H,10H2,1H3. The van der Waals surface area contributed by atoms with Gasteiger partial charge in [-0.05, 0) is 48.9 Å². The molecule has 190 valence electrons. The van der Waals surface area contributed by atoms with E-state index in [1.54, 1.807) is 13.0 Å². The van der Waals surface area contributed by atoms with Crippen molar-refractivity contribution in [3.8, 4) is 28.1 Å². The molecule has 0 spiro atoms. The van der Waals surface area contributed by atoms with E-state index >= 15 is 0 Å². The lowest BCUT2D eigenvalue weighted by Gasteiger charge is -2.17. The number of rotatable bonds is 4. The maximum absolute atomic E-state index is 13.8. The minimum atomic E-state index is -5.16. The third kappa shape index (κ3) is 5.21. The zero-order valence-corrected chi connectivity index (χ0v) is 17.9. The molecule has 1 aromatic carbocycles. The number of nitrogens with zero attached hydrogens (tertiary/aromatic N) is 4. The van der Waals surface area contributed by atoms with Gasteiger partial charge in [-0.25, -0.2) is 9.50 Å². The van der Waals surface area contributed by atoms with Crippen LogP contribution in [0.4, 0.5) is 39.5 Å². The molecule has 5 nitrogen and oxygen atoms in total. The van der Waals surface area contributed by atoms with Crippen LogP contribution in [0.1, 0.15) is 17.0 Å². The van der Waals surface area contributed by atoms with Crippen molar-refractivity contribution in [3.63, 3.8) is 0 Å². The molecular formula is C22H13F9N4O. The van der Waals surface area contributed by atoms with Gasteiger partial charge in [0.2, 0.25) is 0 Å². The maximum atomic E-state index is 13.8. The topological polar surface area (TPSA) is 52.3 Å². The van der Waals surface area contributed by atoms with Gasteiger partial charge >= 0.3 is 18.5 Å². The van der Waals surface area contributed by atoms with Crippen LogP contribution < -0.4 is 4.74 Å². The fraction of sp³-hybridized carbons (Fsp3) is 0.227. The Hall–Kier alpha value is -3.84. The van der Waals surface area contributed by atoms with Crippen LogP contribution in [0.3, 0.4) is 0 Å². The van der Waals surface area contributed by atoms with Gasteiger partial charge in [0.1, 0.15) is 5.75 Å². The second kappa shape index (κ2) is 8.68. The summed E-state index contributed by atoms with van der Waals surface area (Å²) in [5.41, 5.74) is -3.01. The number of pyridine rings is 1. The average molecular weight is 520 g/mol. The van der Waals surface area contributed by atoms with Crippen LogP contribution in [0.5, 0.6) is 5.75 Å². The van der Waals surface area contributed by atoms with Gasteiger partial charge in [0.05, 0.1) is 17.5 Å². The highest BCUT2D eigenvalue weighted by molar-refractivity contribution is 5.79. The van der Waals surface area contributed by atoms with Gasteiger partial charge in [0, 0.05) is 23.0 Å². The van der Waals surface area contributed by atoms with E-state index in [2.05, 4.69) is 19.8 Å². The number of fused-ring (bicyclic) bond motifs is 1. The van der Waals surface area contributed by atoms with E-state index < -0.39 is 53.4 Å². The first kappa shape index (κ1) is 25.3. The van der Waals surface area contributed by atoms with Crippen LogP contribution in [-0.2, 0) is 12.4 Å². The average Bonchev–Trinajstić information content (AvgIpc) is 3.19. The number of hydrogen-bond acceptors (Lipinski definition) is 4. The molecule has 0 aliphatic carbocycles. The Morgan fingerprint density at radius 2 is 1.58 bits per heavy atom. The number of hydrogen-bond donors (Lipinski definition) is 0. The summed E-state index contributed by atoms with van der Waals surface area (Å²) in [4.78, 5) is 8.12. The van der Waals surface area contributed by atoms with Crippen molar-refractivity contribution in [1.29, 1.82) is 0 Å². The second-order valence-corrected chi connectivity index (χ2v) is 7.62. The smallest absolute Gasteiger partial charge is 0.433 e. The second-order valence-electron chi connectivity index (χ2n) is 7.62. The third-order valence-electron chi connectivity index (χ3n) is 4.94. The van der Waals surface area contributed by atoms with E-state index in [1.165, 1.54) is 12.3 Å². The maximum Gasteiger partial charge on any atom is 0.433 e. The third-order valence-corrected chi connectivity index (χ3v) is 4.94. The van der Waals surface area contributed by atoms with Gasteiger partial charge in [-0.1, -0.05) is 0 Å². The van der Waals surface area contributed by atoms with Crippen molar-refractivity contribution < 1.29 is 44.3 Å². The predicted octanol–water partition coefficient (Wildman–Crippen LogP) is 6.75. The zero-order valence-electron chi connectivity index (χ0n) is 17.9. The van der Waals surface area contributed by atoms with Crippen LogP contribution in [0.2, 0.25) is 0 Å². The lowest BCUT2D eigenvalue weighted by Crippen LogP contribution is -2.21. The molecule has 14 heteroatoms. The Morgan fingerprint density at radius 1 is 0.861 bits per heavy atom. The molecule has 0 unspecified atom stereocenters. The summed E-state index contributed by atoms with van der Waals surface area (Å²) in [5, 5.41) is 3.75. The highest BCUT2D eigenvalue weighted by Gasteiger charge is 2.38. The van der Waals surface area contributed by atoms with Crippen molar-refractivity contribution in [3.05, 3.63) is 65.7 Å². The molecule has 3 aromatic heterocycles. The molecule has 0 saturated carbocycles. The lowest BCUT2D eigenvalue weighted by atomic mass is 10.0. The zero-order chi connectivity index (χ0) is 26.5. The lowest BCUT2D eigenvalue weighted by molar-refractivity contribution is -0.158. The number of aryl methyl sites for hydroxylation is 1. The summed E-state index contributed by atoms with van der Waals surface area (Å²) < 4.78 is 124. The minimum Gasteiger partial charge on any atom is -0.483 e. The van der Waals surface area contributed by atoms with Crippen molar-refractivity contribution >= 4 is 5.65 Å². The first-order valence-electron chi connectivity index (χ1n) is 9.94. The molecule has 0 atom stereocenters. The monoisotopic (exact) mass is 520 g/mol. The van der Waals surface area contributed by atoms with Crippen LogP contribution in [0.15, 0.2) is 48.8 Å². The molecule has 0 radical (unpaired) electrons. The molecule has 0 bridgehead atoms. The summed E-state index contributed by atoms with van der Waals surface area (Å²) in [7, 11) is 0. The number of alkyl halides is 9. The van der Waals surface area contributed by atoms with Crippen molar-refractivity contribution in [2.75, 3.05) is 6.61 Å². The summed E-state index contributed by atoms with van der Waals surface area (Å²) in [5.74, 6) is -1.13. The van der Waals surface area contributed by atoms with Crippen LogP contribution >= 0.6 is 0 Å². The first-order valence-corrected chi connectivity index (χ1v) is 9.94. The Kier molecular flexibility index (Phi) is 6.09. The fourth-order valence-corrected chi connectivity index (χ4v) is 3.43. The molecule has 4 rings (SSSR count). The number of halogens is 9. The Morgan fingerprint density at radius 3 is 2.19 bits per heavy atom. The molecule has 3 heterocycles. The van der Waals surface area contributed by atoms with Gasteiger partial charge in [-0.15, -0.1) is 0 Å². The largest absolute Gasteiger partial charge is 0.483 e. The molecule has 4 aromatic rings. The van der Waals surface area contributed by atoms with E-state index in [1.807, 2.05) is 0 Å². The Labute approximate surface area is 196 Å². The van der Waals surface area contributed by atoms with E-state index in [0.717, 1.165) is 12.3 Å². The quantitative estimate of drug-likeness (QED) is 0.280. The highest BCUT2D eigenvalue weighted by atomic mass is 19.4. The van der Waals surface area contributed by atoms with Gasteiger partial charge in [-0.2, -0.15) is 44.6 Å². The molecule has 0 saturated heterocycles. The van der Waals surface area contributed by atoms with E-state index in [4.69, 9.17) is 0 Å². The van der Waals surface area contributed by atoms with Crippen molar-refractivity contribution in [2.24, 2.45) is 0 Å². The van der Waals surface area contributed by atoms with Crippen LogP contribution in [0, 0.1) is 6.92 Å². The summed E-state index contributed by atoms with van der Waals surface area (Å²) in [6.07, 6.45) is -12.5. The fourth-order valence-electron chi connectivity index (χ4n) is 3.43. The van der Waals surface area contributed by atoms with Crippen LogP contribution in [0.25, 0.3) is 28.0 Å². The Balaban J connectivity index is 1.91. The number of aromatic nitrogens is 4. The van der Waals surface area contributed by atoms with Gasteiger partial charge < -0.3 is 4.74 Å². The first-order chi connectivity index (χ1) is 16.6. The van der Waals surface area contributed by atoms with Gasteiger partial charge in [0.15, 0.2) is 17.9 Å². The SMILES string of the molecule is Cc1cc(-c2cnn3c(C(F)(F)F)cc(-c4ccc(OCC(F)(F)F)c(C(F)(F)F)c4)nc23)ccn1. The summed E-state index contributed by atoms with van der Waals surface area (Å²) in [6.45, 7) is -0.335. The molecule has 0 fully saturated rings. The molecule has 0 aliphatic rings. The van der Waals surface area contributed by atoms with Gasteiger partial charge in [-0.3, -0.25) is 4.98 Å². The molecular weight excluding hydrogens is 507 g/mol. The minimum absolute atomic E-state index is 0.161. The van der Waals surface area contributed by atoms with Crippen molar-refractivity contribution in [2.45, 2.75) is 25.5 Å². The molecule has 0 amide bonds. The van der Waals surface area contributed by atoms with E-state index in [-0.39, 0.29) is 11.2 Å².